The molecule has 9 heteroatoms. The van der Waals surface area contributed by atoms with Gasteiger partial charge in [-0.05, 0) is 48.5 Å². The number of ether oxygens (including phenoxy) is 1. The van der Waals surface area contributed by atoms with E-state index in [4.69, 9.17) is 16.3 Å². The van der Waals surface area contributed by atoms with E-state index in [9.17, 15) is 24.0 Å². The van der Waals surface area contributed by atoms with Crippen molar-refractivity contribution < 1.29 is 28.7 Å². The summed E-state index contributed by atoms with van der Waals surface area (Å²) in [6.07, 6.45) is -1.23. The molecule has 0 radical (unpaired) electrons. The predicted octanol–water partition coefficient (Wildman–Crippen LogP) is 5.04. The Bertz CT molecular complexity index is 1580. The first-order valence-corrected chi connectivity index (χ1v) is 12.6. The number of amides is 3. The van der Waals surface area contributed by atoms with E-state index >= 15 is 0 Å². The molecule has 1 N–H and O–H groups in total. The summed E-state index contributed by atoms with van der Waals surface area (Å²) in [5.74, 6) is -2.71. The minimum atomic E-state index is -1.23. The van der Waals surface area contributed by atoms with Gasteiger partial charge in [-0.2, -0.15) is 0 Å². The van der Waals surface area contributed by atoms with Gasteiger partial charge in [0.2, 0.25) is 5.78 Å². The highest BCUT2D eigenvalue weighted by atomic mass is 35.5. The van der Waals surface area contributed by atoms with Crippen LogP contribution in [0, 0.1) is 0 Å². The van der Waals surface area contributed by atoms with Crippen LogP contribution in [0.15, 0.2) is 103 Å². The summed E-state index contributed by atoms with van der Waals surface area (Å²) in [5, 5.41) is 2.93. The summed E-state index contributed by atoms with van der Waals surface area (Å²) in [5.41, 5.74) is 1.93. The second-order valence-electron chi connectivity index (χ2n) is 8.87. The molecule has 4 aromatic carbocycles. The number of anilines is 1. The Kier molecular flexibility index (Phi) is 7.52. The first kappa shape index (κ1) is 26.5. The van der Waals surface area contributed by atoms with E-state index in [1.165, 1.54) is 24.3 Å². The molecule has 0 aromatic heterocycles. The van der Waals surface area contributed by atoms with Crippen LogP contribution in [0.1, 0.15) is 53.1 Å². The molecule has 0 aliphatic carbocycles. The number of imide groups is 1. The van der Waals surface area contributed by atoms with Crippen LogP contribution < -0.4 is 10.2 Å². The smallest absolute Gasteiger partial charge is 0.326 e. The van der Waals surface area contributed by atoms with Crippen LogP contribution in [0.2, 0.25) is 5.02 Å². The van der Waals surface area contributed by atoms with Crippen molar-refractivity contribution >= 4 is 46.8 Å². The Morgan fingerprint density at radius 3 is 1.90 bits per heavy atom. The van der Waals surface area contributed by atoms with E-state index in [1.807, 2.05) is 0 Å². The van der Waals surface area contributed by atoms with Crippen LogP contribution >= 0.6 is 11.6 Å². The third kappa shape index (κ3) is 5.39. The van der Waals surface area contributed by atoms with Gasteiger partial charge in [0, 0.05) is 21.7 Å². The number of nitrogens with zero attached hydrogens (tertiary/aromatic N) is 1. The summed E-state index contributed by atoms with van der Waals surface area (Å²) < 4.78 is 5.49. The van der Waals surface area contributed by atoms with E-state index in [2.05, 4.69) is 5.32 Å². The van der Waals surface area contributed by atoms with E-state index in [-0.39, 0.29) is 5.56 Å². The third-order valence-corrected chi connectivity index (χ3v) is 6.55. The molecule has 4 aromatic rings. The van der Waals surface area contributed by atoms with Crippen molar-refractivity contribution in [1.82, 2.24) is 5.32 Å². The topological polar surface area (TPSA) is 110 Å². The number of carbonyl (C=O) groups excluding carboxylic acids is 5. The highest BCUT2D eigenvalue weighted by Crippen LogP contribution is 2.28. The first-order valence-electron chi connectivity index (χ1n) is 12.2. The monoisotopic (exact) mass is 552 g/mol. The van der Waals surface area contributed by atoms with Gasteiger partial charge in [-0.15, -0.1) is 0 Å². The van der Waals surface area contributed by atoms with Gasteiger partial charge in [0.1, 0.15) is 6.54 Å². The molecule has 1 aliphatic heterocycles. The summed E-state index contributed by atoms with van der Waals surface area (Å²) in [4.78, 5) is 64.9. The number of hydrogen-bond donors (Lipinski definition) is 1. The number of benzene rings is 4. The van der Waals surface area contributed by atoms with Crippen molar-refractivity contribution in [3.8, 4) is 0 Å². The normalized spacial score (nSPS) is 13.0. The van der Waals surface area contributed by atoms with Crippen LogP contribution in [0.4, 0.5) is 5.69 Å². The number of fused-ring (bicyclic) bond motifs is 1. The van der Waals surface area contributed by atoms with Crippen LogP contribution in [0.25, 0.3) is 0 Å². The average Bonchev–Trinajstić information content (AvgIpc) is 3.24. The fourth-order valence-corrected chi connectivity index (χ4v) is 4.40. The second kappa shape index (κ2) is 11.3. The summed E-state index contributed by atoms with van der Waals surface area (Å²) >= 11 is 5.97. The molecule has 0 saturated carbocycles. The average molecular weight is 553 g/mol. The fraction of sp³-hybridized carbons (Fsp3) is 0.0645. The van der Waals surface area contributed by atoms with Gasteiger partial charge in [-0.1, -0.05) is 66.2 Å². The maximum Gasteiger partial charge on any atom is 0.326 e. The largest absolute Gasteiger partial charge is 0.448 e. The van der Waals surface area contributed by atoms with Gasteiger partial charge in [-0.3, -0.25) is 24.0 Å². The van der Waals surface area contributed by atoms with Crippen molar-refractivity contribution in [3.05, 3.63) is 136 Å². The van der Waals surface area contributed by atoms with E-state index < -0.39 is 42.1 Å². The Morgan fingerprint density at radius 1 is 0.725 bits per heavy atom. The van der Waals surface area contributed by atoms with Crippen LogP contribution in [0.3, 0.4) is 0 Å². The lowest BCUT2D eigenvalue weighted by molar-refractivity contribution is -0.146. The molecular weight excluding hydrogens is 532 g/mol. The second-order valence-corrected chi connectivity index (χ2v) is 9.31. The fourth-order valence-electron chi connectivity index (χ4n) is 4.28. The molecule has 0 spiro atoms. The zero-order valence-corrected chi connectivity index (χ0v) is 21.6. The van der Waals surface area contributed by atoms with Crippen LogP contribution in [-0.2, 0) is 9.53 Å². The third-order valence-electron chi connectivity index (χ3n) is 6.29. The number of Topliss-reactive ketones (excluding diaryl/α,β-unsaturated/α-hetero) is 1. The van der Waals surface area contributed by atoms with Gasteiger partial charge in [0.15, 0.2) is 6.10 Å². The number of carbonyl (C=O) groups is 5. The van der Waals surface area contributed by atoms with Crippen molar-refractivity contribution in [1.29, 1.82) is 0 Å². The van der Waals surface area contributed by atoms with Gasteiger partial charge in [0.05, 0.1) is 16.8 Å². The number of esters is 1. The highest BCUT2D eigenvalue weighted by molar-refractivity contribution is 6.34. The molecule has 198 valence electrons. The zero-order chi connectivity index (χ0) is 28.2. The van der Waals surface area contributed by atoms with Gasteiger partial charge in [0.25, 0.3) is 17.7 Å². The molecule has 40 heavy (non-hydrogen) atoms. The van der Waals surface area contributed by atoms with E-state index in [1.54, 1.807) is 78.9 Å². The molecule has 1 atom stereocenters. The number of rotatable bonds is 8. The lowest BCUT2D eigenvalue weighted by atomic mass is 10.00. The summed E-state index contributed by atoms with van der Waals surface area (Å²) in [7, 11) is 0. The molecule has 1 heterocycles. The maximum atomic E-state index is 13.1. The minimum absolute atomic E-state index is 0.197. The molecule has 3 amide bonds. The zero-order valence-electron chi connectivity index (χ0n) is 20.9. The predicted molar refractivity (Wildman–Crippen MR) is 147 cm³/mol. The van der Waals surface area contributed by atoms with Crippen molar-refractivity contribution in [3.63, 3.8) is 0 Å². The Labute approximate surface area is 234 Å². The lowest BCUT2D eigenvalue weighted by Crippen LogP contribution is -2.32. The van der Waals surface area contributed by atoms with Gasteiger partial charge in [-0.25, -0.2) is 4.90 Å². The first-order chi connectivity index (χ1) is 19.3. The molecule has 0 saturated heterocycles. The molecular formula is C31H21ClN2O6. The molecule has 0 bridgehead atoms. The Balaban J connectivity index is 1.24. The SMILES string of the molecule is O=C(CNC(=O)c1ccc(N2C(=O)c3ccccc3C2=O)cc1)OC(C(=O)c1ccccc1)c1ccc(Cl)cc1. The molecule has 5 rings (SSSR count). The number of hydrogen-bond acceptors (Lipinski definition) is 6. The molecule has 1 unspecified atom stereocenters. The number of ketones is 1. The standard InChI is InChI=1S/C31H21ClN2O6/c32-22-14-10-20(11-15-22)28(27(36)19-6-2-1-3-7-19)40-26(35)18-33-29(37)21-12-16-23(17-13-21)34-30(38)24-8-4-5-9-25(24)31(34)39/h1-17,28H,18H2,(H,33,37). The quantitative estimate of drug-likeness (QED) is 0.186. The molecule has 8 nitrogen and oxygen atoms in total. The lowest BCUT2D eigenvalue weighted by Gasteiger charge is -2.18. The number of nitrogens with one attached hydrogen (secondary N) is 1. The van der Waals surface area contributed by atoms with Crippen molar-refractivity contribution in [2.45, 2.75) is 6.10 Å². The minimum Gasteiger partial charge on any atom is -0.448 e. The summed E-state index contributed by atoms with van der Waals surface area (Å²) in [6.45, 7) is -0.495. The summed E-state index contributed by atoms with van der Waals surface area (Å²) in [6, 6.07) is 27.1. The molecule has 1 aliphatic rings. The van der Waals surface area contributed by atoms with Crippen LogP contribution in [0.5, 0.6) is 0 Å². The van der Waals surface area contributed by atoms with Crippen molar-refractivity contribution in [2.75, 3.05) is 11.4 Å². The maximum absolute atomic E-state index is 13.1. The van der Waals surface area contributed by atoms with Crippen LogP contribution in [-0.4, -0.2) is 36.0 Å². The van der Waals surface area contributed by atoms with Gasteiger partial charge >= 0.3 is 5.97 Å². The highest BCUT2D eigenvalue weighted by Gasteiger charge is 2.36. The van der Waals surface area contributed by atoms with Crippen molar-refractivity contribution in [2.24, 2.45) is 0 Å². The van der Waals surface area contributed by atoms with E-state index in [0.29, 0.717) is 33.0 Å². The Morgan fingerprint density at radius 2 is 1.30 bits per heavy atom. The molecule has 0 fully saturated rings. The van der Waals surface area contributed by atoms with E-state index in [0.717, 1.165) is 4.90 Å². The Hall–Kier alpha value is -5.08. The number of halogens is 1. The van der Waals surface area contributed by atoms with Gasteiger partial charge < -0.3 is 10.1 Å².